The van der Waals surface area contributed by atoms with Crippen molar-refractivity contribution in [3.8, 4) is 0 Å². The van der Waals surface area contributed by atoms with Crippen molar-refractivity contribution in [2.75, 3.05) is 6.54 Å². The van der Waals surface area contributed by atoms with Crippen LogP contribution in [0, 0.1) is 6.92 Å². The summed E-state index contributed by atoms with van der Waals surface area (Å²) >= 11 is 0. The Morgan fingerprint density at radius 3 is 2.88 bits per heavy atom. The van der Waals surface area contributed by atoms with Crippen LogP contribution >= 0.6 is 0 Å². The third-order valence-corrected chi connectivity index (χ3v) is 2.95. The summed E-state index contributed by atoms with van der Waals surface area (Å²) in [5, 5.41) is 3.44. The normalized spacial score (nSPS) is 12.2. The fourth-order valence-electron chi connectivity index (χ4n) is 1.71. The van der Waals surface area contributed by atoms with Crippen LogP contribution < -0.4 is 11.1 Å². The SMILES string of the molecule is Cc1nc2ccc(CNC(C)(C)CN)cc2[nH]1. The molecule has 0 spiro atoms. The van der Waals surface area contributed by atoms with E-state index in [1.807, 2.05) is 13.0 Å². The van der Waals surface area contributed by atoms with Gasteiger partial charge >= 0.3 is 0 Å². The van der Waals surface area contributed by atoms with E-state index in [4.69, 9.17) is 5.73 Å². The second-order valence-electron chi connectivity index (χ2n) is 5.12. The highest BCUT2D eigenvalue weighted by atomic mass is 15.0. The molecule has 17 heavy (non-hydrogen) atoms. The van der Waals surface area contributed by atoms with Gasteiger partial charge in [-0.15, -0.1) is 0 Å². The molecule has 0 bridgehead atoms. The van der Waals surface area contributed by atoms with Gasteiger partial charge in [-0.3, -0.25) is 0 Å². The van der Waals surface area contributed by atoms with Crippen molar-refractivity contribution in [3.05, 3.63) is 29.6 Å². The van der Waals surface area contributed by atoms with E-state index in [1.165, 1.54) is 5.56 Å². The first-order chi connectivity index (χ1) is 8.00. The highest BCUT2D eigenvalue weighted by Gasteiger charge is 2.13. The number of nitrogens with two attached hydrogens (primary N) is 1. The topological polar surface area (TPSA) is 66.7 Å². The first-order valence-electron chi connectivity index (χ1n) is 5.90. The number of fused-ring (bicyclic) bond motifs is 1. The minimum absolute atomic E-state index is 0.0289. The zero-order valence-electron chi connectivity index (χ0n) is 10.7. The summed E-state index contributed by atoms with van der Waals surface area (Å²) in [6.07, 6.45) is 0. The standard InChI is InChI=1S/C13H20N4/c1-9-16-11-5-4-10(6-12(11)17-9)7-15-13(2,3)8-14/h4-6,15H,7-8,14H2,1-3H3,(H,16,17). The molecule has 0 aliphatic heterocycles. The summed E-state index contributed by atoms with van der Waals surface area (Å²) in [7, 11) is 0. The van der Waals surface area contributed by atoms with E-state index in [0.717, 1.165) is 23.4 Å². The Bertz CT molecular complexity index is 513. The van der Waals surface area contributed by atoms with Gasteiger partial charge < -0.3 is 16.0 Å². The van der Waals surface area contributed by atoms with Crippen LogP contribution in [-0.2, 0) is 6.54 Å². The minimum atomic E-state index is -0.0289. The Balaban J connectivity index is 2.14. The molecular formula is C13H20N4. The van der Waals surface area contributed by atoms with Gasteiger partial charge in [-0.25, -0.2) is 4.98 Å². The van der Waals surface area contributed by atoms with Crippen LogP contribution in [0.5, 0.6) is 0 Å². The van der Waals surface area contributed by atoms with Crippen molar-refractivity contribution in [2.24, 2.45) is 5.73 Å². The molecule has 4 nitrogen and oxygen atoms in total. The van der Waals surface area contributed by atoms with Crippen LogP contribution in [0.25, 0.3) is 11.0 Å². The maximum Gasteiger partial charge on any atom is 0.104 e. The van der Waals surface area contributed by atoms with Gasteiger partial charge in [0.1, 0.15) is 5.82 Å². The van der Waals surface area contributed by atoms with Crippen molar-refractivity contribution in [1.82, 2.24) is 15.3 Å². The zero-order valence-corrected chi connectivity index (χ0v) is 10.7. The summed E-state index contributed by atoms with van der Waals surface area (Å²) < 4.78 is 0. The van der Waals surface area contributed by atoms with Crippen LogP contribution in [0.15, 0.2) is 18.2 Å². The average molecular weight is 232 g/mol. The molecule has 0 atom stereocenters. The number of nitrogens with zero attached hydrogens (tertiary/aromatic N) is 1. The Labute approximate surface area is 102 Å². The van der Waals surface area contributed by atoms with Crippen molar-refractivity contribution in [3.63, 3.8) is 0 Å². The van der Waals surface area contributed by atoms with E-state index in [1.54, 1.807) is 0 Å². The van der Waals surface area contributed by atoms with Gasteiger partial charge in [0.15, 0.2) is 0 Å². The molecule has 0 saturated heterocycles. The quantitative estimate of drug-likeness (QED) is 0.751. The molecule has 4 N–H and O–H groups in total. The van der Waals surface area contributed by atoms with Gasteiger partial charge in [0.05, 0.1) is 11.0 Å². The third kappa shape index (κ3) is 2.84. The van der Waals surface area contributed by atoms with Crippen LogP contribution in [0.2, 0.25) is 0 Å². The monoisotopic (exact) mass is 232 g/mol. The third-order valence-electron chi connectivity index (χ3n) is 2.95. The van der Waals surface area contributed by atoms with Crippen LogP contribution in [0.1, 0.15) is 25.2 Å². The first kappa shape index (κ1) is 12.1. The fraction of sp³-hybridized carbons (Fsp3) is 0.462. The molecule has 0 fully saturated rings. The molecule has 4 heteroatoms. The van der Waals surface area contributed by atoms with Gasteiger partial charge in [0.25, 0.3) is 0 Å². The lowest BCUT2D eigenvalue weighted by molar-refractivity contribution is 0.397. The number of H-pyrrole nitrogens is 1. The maximum absolute atomic E-state index is 5.69. The number of aryl methyl sites for hydroxylation is 1. The number of rotatable bonds is 4. The lowest BCUT2D eigenvalue weighted by Gasteiger charge is -2.24. The fourth-order valence-corrected chi connectivity index (χ4v) is 1.71. The number of hydrogen-bond acceptors (Lipinski definition) is 3. The van der Waals surface area contributed by atoms with Crippen LogP contribution in [-0.4, -0.2) is 22.1 Å². The number of hydrogen-bond donors (Lipinski definition) is 3. The lowest BCUT2D eigenvalue weighted by Crippen LogP contribution is -2.45. The summed E-state index contributed by atoms with van der Waals surface area (Å²) in [5.74, 6) is 0.951. The van der Waals surface area contributed by atoms with Gasteiger partial charge in [-0.1, -0.05) is 6.07 Å². The molecule has 0 aliphatic carbocycles. The lowest BCUT2D eigenvalue weighted by atomic mass is 10.1. The maximum atomic E-state index is 5.69. The molecule has 1 heterocycles. The highest BCUT2D eigenvalue weighted by molar-refractivity contribution is 5.75. The highest BCUT2D eigenvalue weighted by Crippen LogP contribution is 2.14. The molecule has 92 valence electrons. The molecule has 2 aromatic rings. The summed E-state index contributed by atoms with van der Waals surface area (Å²) in [4.78, 5) is 7.63. The zero-order chi connectivity index (χ0) is 12.5. The summed E-state index contributed by atoms with van der Waals surface area (Å²) in [6, 6.07) is 6.28. The molecular weight excluding hydrogens is 212 g/mol. The second-order valence-corrected chi connectivity index (χ2v) is 5.12. The molecule has 2 rings (SSSR count). The smallest absolute Gasteiger partial charge is 0.104 e. The predicted octanol–water partition coefficient (Wildman–Crippen LogP) is 1.70. The first-order valence-corrected chi connectivity index (χ1v) is 5.90. The number of benzene rings is 1. The van der Waals surface area contributed by atoms with Crippen LogP contribution in [0.3, 0.4) is 0 Å². The number of aromatic nitrogens is 2. The minimum Gasteiger partial charge on any atom is -0.342 e. The van der Waals surface area contributed by atoms with Crippen molar-refractivity contribution >= 4 is 11.0 Å². The van der Waals surface area contributed by atoms with Gasteiger partial charge in [0.2, 0.25) is 0 Å². The van der Waals surface area contributed by atoms with E-state index in [2.05, 4.69) is 41.3 Å². The van der Waals surface area contributed by atoms with Gasteiger partial charge in [-0.05, 0) is 38.5 Å². The molecule has 0 saturated carbocycles. The van der Waals surface area contributed by atoms with E-state index in [9.17, 15) is 0 Å². The second kappa shape index (κ2) is 4.47. The molecule has 1 aromatic carbocycles. The number of nitrogens with one attached hydrogen (secondary N) is 2. The Hall–Kier alpha value is -1.39. The molecule has 1 aromatic heterocycles. The molecule has 0 unspecified atom stereocenters. The average Bonchev–Trinajstić information content (AvgIpc) is 2.66. The summed E-state index contributed by atoms with van der Waals surface area (Å²) in [6.45, 7) is 7.61. The predicted molar refractivity (Wildman–Crippen MR) is 70.8 cm³/mol. The number of aromatic amines is 1. The number of imidazole rings is 1. The van der Waals surface area contributed by atoms with Gasteiger partial charge in [0, 0.05) is 18.6 Å². The van der Waals surface area contributed by atoms with Gasteiger partial charge in [-0.2, -0.15) is 0 Å². The Morgan fingerprint density at radius 1 is 1.41 bits per heavy atom. The van der Waals surface area contributed by atoms with E-state index >= 15 is 0 Å². The largest absolute Gasteiger partial charge is 0.342 e. The molecule has 0 aliphatic rings. The van der Waals surface area contributed by atoms with Crippen molar-refractivity contribution < 1.29 is 0 Å². The van der Waals surface area contributed by atoms with E-state index in [0.29, 0.717) is 6.54 Å². The summed E-state index contributed by atoms with van der Waals surface area (Å²) in [5.41, 5.74) is 9.00. The van der Waals surface area contributed by atoms with E-state index < -0.39 is 0 Å². The van der Waals surface area contributed by atoms with E-state index in [-0.39, 0.29) is 5.54 Å². The van der Waals surface area contributed by atoms with Crippen LogP contribution in [0.4, 0.5) is 0 Å². The van der Waals surface area contributed by atoms with Crippen molar-refractivity contribution in [1.29, 1.82) is 0 Å². The van der Waals surface area contributed by atoms with Crippen molar-refractivity contribution in [2.45, 2.75) is 32.9 Å². The Morgan fingerprint density at radius 2 is 2.18 bits per heavy atom. The molecule has 0 amide bonds. The Kier molecular flexibility index (Phi) is 3.17. The molecule has 0 radical (unpaired) electrons.